The van der Waals surface area contributed by atoms with Gasteiger partial charge in [0.25, 0.3) is 0 Å². The summed E-state index contributed by atoms with van der Waals surface area (Å²) in [5.74, 6) is 0.0536. The summed E-state index contributed by atoms with van der Waals surface area (Å²) in [5, 5.41) is 8.85. The second-order valence-corrected chi connectivity index (χ2v) is 5.51. The minimum Gasteiger partial charge on any atom is -0.365 e. The summed E-state index contributed by atoms with van der Waals surface area (Å²) in [4.78, 5) is 16.2. The molecular formula is C15H19N3OS. The Morgan fingerprint density at radius 2 is 2.05 bits per heavy atom. The number of carbonyl (C=O) groups is 1. The van der Waals surface area contributed by atoms with Gasteiger partial charge in [-0.25, -0.2) is 4.98 Å². The molecule has 0 fully saturated rings. The molecule has 0 aliphatic carbocycles. The molecule has 0 radical (unpaired) electrons. The minimum atomic E-state index is 0.0536. The van der Waals surface area contributed by atoms with E-state index in [0.717, 1.165) is 22.8 Å². The fourth-order valence-electron chi connectivity index (χ4n) is 1.82. The number of nitrogens with zero attached hydrogens (tertiary/aromatic N) is 1. The van der Waals surface area contributed by atoms with Gasteiger partial charge in [0, 0.05) is 25.4 Å². The van der Waals surface area contributed by atoms with Gasteiger partial charge in [-0.05, 0) is 12.5 Å². The zero-order valence-corrected chi connectivity index (χ0v) is 12.6. The number of hydrogen-bond donors (Lipinski definition) is 2. The van der Waals surface area contributed by atoms with Crippen LogP contribution in [0.1, 0.15) is 16.8 Å². The molecule has 0 aliphatic heterocycles. The van der Waals surface area contributed by atoms with E-state index in [1.807, 2.05) is 43.6 Å². The smallest absolute Gasteiger partial charge is 0.224 e. The SMILES string of the molecule is CNc1nc(CCNC(=O)Cc2ccc(C)cc2)cs1. The van der Waals surface area contributed by atoms with Gasteiger partial charge in [-0.15, -0.1) is 11.3 Å². The Kier molecular flexibility index (Phi) is 5.12. The van der Waals surface area contributed by atoms with Crippen molar-refractivity contribution in [3.63, 3.8) is 0 Å². The Hall–Kier alpha value is -1.88. The number of aromatic nitrogens is 1. The summed E-state index contributed by atoms with van der Waals surface area (Å²) in [6.07, 6.45) is 1.19. The molecule has 0 unspecified atom stereocenters. The molecular weight excluding hydrogens is 270 g/mol. The predicted octanol–water partition coefficient (Wildman–Crippen LogP) is 2.39. The molecule has 4 nitrogen and oxygen atoms in total. The number of thiazole rings is 1. The van der Waals surface area contributed by atoms with Crippen LogP contribution in [0, 0.1) is 6.92 Å². The topological polar surface area (TPSA) is 54.0 Å². The zero-order valence-electron chi connectivity index (χ0n) is 11.8. The highest BCUT2D eigenvalue weighted by Gasteiger charge is 2.04. The Morgan fingerprint density at radius 1 is 1.30 bits per heavy atom. The third-order valence-corrected chi connectivity index (χ3v) is 3.86. The molecule has 2 aromatic rings. The number of amides is 1. The van der Waals surface area contributed by atoms with Crippen molar-refractivity contribution >= 4 is 22.4 Å². The van der Waals surface area contributed by atoms with Crippen molar-refractivity contribution in [3.8, 4) is 0 Å². The first-order chi connectivity index (χ1) is 9.67. The number of anilines is 1. The van der Waals surface area contributed by atoms with Crippen LogP contribution >= 0.6 is 11.3 Å². The van der Waals surface area contributed by atoms with Crippen LogP contribution in [0.2, 0.25) is 0 Å². The lowest BCUT2D eigenvalue weighted by Crippen LogP contribution is -2.27. The standard InChI is InChI=1S/C15H19N3OS/c1-11-3-5-12(6-4-11)9-14(19)17-8-7-13-10-20-15(16-2)18-13/h3-6,10H,7-9H2,1-2H3,(H,16,18)(H,17,19). The lowest BCUT2D eigenvalue weighted by atomic mass is 10.1. The van der Waals surface area contributed by atoms with Crippen LogP contribution in [0.5, 0.6) is 0 Å². The van der Waals surface area contributed by atoms with Gasteiger partial charge in [-0.2, -0.15) is 0 Å². The molecule has 2 N–H and O–H groups in total. The Labute approximate surface area is 123 Å². The summed E-state index contributed by atoms with van der Waals surface area (Å²) in [7, 11) is 1.85. The molecule has 1 aromatic carbocycles. The molecule has 0 atom stereocenters. The number of benzene rings is 1. The number of hydrogen-bond acceptors (Lipinski definition) is 4. The number of aryl methyl sites for hydroxylation is 1. The van der Waals surface area contributed by atoms with E-state index in [2.05, 4.69) is 15.6 Å². The maximum atomic E-state index is 11.8. The van der Waals surface area contributed by atoms with Gasteiger partial charge in [0.05, 0.1) is 12.1 Å². The van der Waals surface area contributed by atoms with Crippen molar-refractivity contribution in [1.82, 2.24) is 10.3 Å². The summed E-state index contributed by atoms with van der Waals surface area (Å²) >= 11 is 1.58. The molecule has 0 bridgehead atoms. The summed E-state index contributed by atoms with van der Waals surface area (Å²) in [5.41, 5.74) is 3.26. The van der Waals surface area contributed by atoms with Gasteiger partial charge in [-0.3, -0.25) is 4.79 Å². The number of nitrogens with one attached hydrogen (secondary N) is 2. The average Bonchev–Trinajstić information content (AvgIpc) is 2.89. The molecule has 1 aromatic heterocycles. The fourth-order valence-corrected chi connectivity index (χ4v) is 2.53. The fraction of sp³-hybridized carbons (Fsp3) is 0.333. The van der Waals surface area contributed by atoms with Crippen molar-refractivity contribution in [2.45, 2.75) is 19.8 Å². The second kappa shape index (κ2) is 7.05. The predicted molar refractivity (Wildman–Crippen MR) is 83.3 cm³/mol. The van der Waals surface area contributed by atoms with E-state index in [1.165, 1.54) is 5.56 Å². The van der Waals surface area contributed by atoms with Crippen LogP contribution in [0.25, 0.3) is 0 Å². The third-order valence-electron chi connectivity index (χ3n) is 2.95. The largest absolute Gasteiger partial charge is 0.365 e. The van der Waals surface area contributed by atoms with Gasteiger partial charge in [0.15, 0.2) is 5.13 Å². The summed E-state index contributed by atoms with van der Waals surface area (Å²) in [6.45, 7) is 2.66. The van der Waals surface area contributed by atoms with Crippen LogP contribution in [-0.2, 0) is 17.6 Å². The van der Waals surface area contributed by atoms with Gasteiger partial charge in [0.1, 0.15) is 0 Å². The monoisotopic (exact) mass is 289 g/mol. The lowest BCUT2D eigenvalue weighted by Gasteiger charge is -2.04. The Morgan fingerprint density at radius 3 is 2.70 bits per heavy atom. The lowest BCUT2D eigenvalue weighted by molar-refractivity contribution is -0.120. The van der Waals surface area contributed by atoms with Crippen LogP contribution in [0.4, 0.5) is 5.13 Å². The van der Waals surface area contributed by atoms with Crippen molar-refractivity contribution in [3.05, 3.63) is 46.5 Å². The average molecular weight is 289 g/mol. The first kappa shape index (κ1) is 14.5. The van der Waals surface area contributed by atoms with E-state index >= 15 is 0 Å². The molecule has 0 aliphatic rings. The molecule has 5 heteroatoms. The third kappa shape index (κ3) is 4.35. The Bertz CT molecular complexity index is 563. The molecule has 1 amide bonds. The van der Waals surface area contributed by atoms with Crippen molar-refractivity contribution in [2.75, 3.05) is 18.9 Å². The summed E-state index contributed by atoms with van der Waals surface area (Å²) < 4.78 is 0. The molecule has 20 heavy (non-hydrogen) atoms. The molecule has 106 valence electrons. The van der Waals surface area contributed by atoms with E-state index in [4.69, 9.17) is 0 Å². The van der Waals surface area contributed by atoms with Crippen molar-refractivity contribution in [1.29, 1.82) is 0 Å². The van der Waals surface area contributed by atoms with E-state index in [9.17, 15) is 4.79 Å². The summed E-state index contributed by atoms with van der Waals surface area (Å²) in [6, 6.07) is 8.04. The highest BCUT2D eigenvalue weighted by molar-refractivity contribution is 7.13. The zero-order chi connectivity index (χ0) is 14.4. The maximum absolute atomic E-state index is 11.8. The van der Waals surface area contributed by atoms with Gasteiger partial charge in [0.2, 0.25) is 5.91 Å². The molecule has 0 saturated carbocycles. The molecule has 2 rings (SSSR count). The Balaban J connectivity index is 1.73. The van der Waals surface area contributed by atoms with Crippen LogP contribution in [-0.4, -0.2) is 24.5 Å². The maximum Gasteiger partial charge on any atom is 0.224 e. The highest BCUT2D eigenvalue weighted by atomic mass is 32.1. The van der Waals surface area contributed by atoms with E-state index < -0.39 is 0 Å². The number of rotatable bonds is 6. The molecule has 1 heterocycles. The van der Waals surface area contributed by atoms with E-state index in [1.54, 1.807) is 11.3 Å². The highest BCUT2D eigenvalue weighted by Crippen LogP contribution is 2.14. The van der Waals surface area contributed by atoms with Gasteiger partial charge in [-0.1, -0.05) is 29.8 Å². The normalized spacial score (nSPS) is 10.3. The van der Waals surface area contributed by atoms with Gasteiger partial charge < -0.3 is 10.6 Å². The first-order valence-corrected chi connectivity index (χ1v) is 7.50. The van der Waals surface area contributed by atoms with Crippen molar-refractivity contribution < 1.29 is 4.79 Å². The number of carbonyl (C=O) groups excluding carboxylic acids is 1. The first-order valence-electron chi connectivity index (χ1n) is 6.62. The van der Waals surface area contributed by atoms with E-state index in [-0.39, 0.29) is 5.91 Å². The van der Waals surface area contributed by atoms with Crippen molar-refractivity contribution in [2.24, 2.45) is 0 Å². The van der Waals surface area contributed by atoms with E-state index in [0.29, 0.717) is 13.0 Å². The van der Waals surface area contributed by atoms with Crippen LogP contribution < -0.4 is 10.6 Å². The second-order valence-electron chi connectivity index (χ2n) is 4.66. The quantitative estimate of drug-likeness (QED) is 0.858. The van der Waals surface area contributed by atoms with Crippen LogP contribution in [0.15, 0.2) is 29.6 Å². The van der Waals surface area contributed by atoms with Gasteiger partial charge >= 0.3 is 0 Å². The molecule has 0 spiro atoms. The minimum absolute atomic E-state index is 0.0536. The molecule has 0 saturated heterocycles. The van der Waals surface area contributed by atoms with Crippen LogP contribution in [0.3, 0.4) is 0 Å².